The second kappa shape index (κ2) is 8.04. The van der Waals surface area contributed by atoms with Crippen LogP contribution in [-0.4, -0.2) is 21.3 Å². The summed E-state index contributed by atoms with van der Waals surface area (Å²) in [5.74, 6) is 1.42. The lowest BCUT2D eigenvalue weighted by Gasteiger charge is -2.04. The molecule has 5 heteroatoms. The van der Waals surface area contributed by atoms with E-state index in [1.807, 2.05) is 0 Å². The summed E-state index contributed by atoms with van der Waals surface area (Å²) in [6.07, 6.45) is 10.9. The van der Waals surface area contributed by atoms with Gasteiger partial charge in [0.05, 0.1) is 6.04 Å². The van der Waals surface area contributed by atoms with Crippen LogP contribution in [0.3, 0.4) is 0 Å². The lowest BCUT2D eigenvalue weighted by Crippen LogP contribution is -2.12. The van der Waals surface area contributed by atoms with E-state index >= 15 is 0 Å². The highest BCUT2D eigenvalue weighted by Crippen LogP contribution is 2.31. The number of benzene rings is 1. The third kappa shape index (κ3) is 3.54. The topological polar surface area (TPSA) is 55.9 Å². The maximum absolute atomic E-state index is 5.55. The van der Waals surface area contributed by atoms with Crippen molar-refractivity contribution in [2.75, 3.05) is 6.54 Å². The van der Waals surface area contributed by atoms with E-state index in [2.05, 4.69) is 52.4 Å². The minimum atomic E-state index is 0.211. The smallest absolute Gasteiger partial charge is 0.244 e. The molecule has 0 unspecified atom stereocenters. The van der Waals surface area contributed by atoms with Crippen LogP contribution in [-0.2, 0) is 6.54 Å². The summed E-state index contributed by atoms with van der Waals surface area (Å²) in [6.45, 7) is 4.32. The average Bonchev–Trinajstić information content (AvgIpc) is 3.41. The normalized spacial score (nSPS) is 17.3. The monoisotopic (exact) mass is 352 g/mol. The van der Waals surface area contributed by atoms with E-state index in [0.717, 1.165) is 25.1 Å². The minimum absolute atomic E-state index is 0.211. The van der Waals surface area contributed by atoms with E-state index in [0.29, 0.717) is 11.7 Å². The predicted octanol–water partition coefficient (Wildman–Crippen LogP) is 5.09. The molecule has 0 amide bonds. The van der Waals surface area contributed by atoms with E-state index < -0.39 is 0 Å². The zero-order valence-corrected chi connectivity index (χ0v) is 15.6. The molecule has 3 heterocycles. The van der Waals surface area contributed by atoms with Crippen LogP contribution >= 0.6 is 0 Å². The predicted molar refractivity (Wildman–Crippen MR) is 104 cm³/mol. The molecule has 2 aromatic heterocycles. The van der Waals surface area contributed by atoms with Gasteiger partial charge in [-0.15, -0.1) is 0 Å². The van der Waals surface area contributed by atoms with Crippen LogP contribution in [0.4, 0.5) is 0 Å². The van der Waals surface area contributed by atoms with Gasteiger partial charge >= 0.3 is 0 Å². The van der Waals surface area contributed by atoms with Crippen LogP contribution in [0.5, 0.6) is 0 Å². The maximum atomic E-state index is 5.55. The van der Waals surface area contributed by atoms with Crippen LogP contribution < -0.4 is 5.32 Å². The van der Waals surface area contributed by atoms with Gasteiger partial charge in [0.15, 0.2) is 0 Å². The Hall–Kier alpha value is -2.14. The summed E-state index contributed by atoms with van der Waals surface area (Å²) < 4.78 is 7.90. The average molecular weight is 352 g/mol. The molecule has 0 spiro atoms. The number of unbranched alkanes of at least 4 members (excludes halogenated alkanes) is 4. The third-order valence-electron chi connectivity index (χ3n) is 5.33. The number of rotatable bonds is 8. The van der Waals surface area contributed by atoms with Gasteiger partial charge in [0.2, 0.25) is 11.7 Å². The number of aryl methyl sites for hydroxylation is 1. The molecule has 5 nitrogen and oxygen atoms in total. The highest BCUT2D eigenvalue weighted by Gasteiger charge is 2.23. The maximum Gasteiger partial charge on any atom is 0.244 e. The fourth-order valence-electron chi connectivity index (χ4n) is 3.88. The zero-order chi connectivity index (χ0) is 17.8. The summed E-state index contributed by atoms with van der Waals surface area (Å²) >= 11 is 0. The van der Waals surface area contributed by atoms with Gasteiger partial charge in [0.1, 0.15) is 0 Å². The molecular weight excluding hydrogens is 324 g/mol. The van der Waals surface area contributed by atoms with Crippen molar-refractivity contribution in [3.05, 3.63) is 36.4 Å². The first-order valence-corrected chi connectivity index (χ1v) is 10.0. The van der Waals surface area contributed by atoms with Crippen molar-refractivity contribution in [2.24, 2.45) is 0 Å². The number of nitrogens with one attached hydrogen (secondary N) is 1. The highest BCUT2D eigenvalue weighted by atomic mass is 16.5. The van der Waals surface area contributed by atoms with Crippen molar-refractivity contribution in [1.29, 1.82) is 0 Å². The molecule has 138 valence electrons. The van der Waals surface area contributed by atoms with Gasteiger partial charge < -0.3 is 14.4 Å². The van der Waals surface area contributed by atoms with E-state index in [1.54, 1.807) is 0 Å². The summed E-state index contributed by atoms with van der Waals surface area (Å²) in [5.41, 5.74) is 2.32. The van der Waals surface area contributed by atoms with Crippen molar-refractivity contribution in [2.45, 2.75) is 64.5 Å². The van der Waals surface area contributed by atoms with E-state index in [9.17, 15) is 0 Å². The van der Waals surface area contributed by atoms with Crippen molar-refractivity contribution in [1.82, 2.24) is 20.0 Å². The Kier molecular flexibility index (Phi) is 5.34. The Morgan fingerprint density at radius 2 is 2.08 bits per heavy atom. The Morgan fingerprint density at radius 1 is 1.19 bits per heavy atom. The standard InChI is InChI=1S/C21H28N4O/c1-2-3-4-5-8-14-25-15-17(16-10-6-7-12-19(16)25)20-23-21(26-24-20)18-11-9-13-22-18/h6-7,10,12,15,18,22H,2-5,8-9,11,13-14H2,1H3/t18-/m0/s1. The van der Waals surface area contributed by atoms with Gasteiger partial charge in [-0.2, -0.15) is 4.98 Å². The fourth-order valence-corrected chi connectivity index (χ4v) is 3.88. The molecule has 0 aliphatic carbocycles. The highest BCUT2D eigenvalue weighted by molar-refractivity contribution is 5.94. The molecular formula is C21H28N4O. The number of fused-ring (bicyclic) bond motifs is 1. The Balaban J connectivity index is 1.57. The molecule has 26 heavy (non-hydrogen) atoms. The van der Waals surface area contributed by atoms with Crippen molar-refractivity contribution < 1.29 is 4.52 Å². The second-order valence-corrected chi connectivity index (χ2v) is 7.27. The molecule has 1 fully saturated rings. The number of nitrogens with zero attached hydrogens (tertiary/aromatic N) is 3. The molecule has 1 aliphatic rings. The van der Waals surface area contributed by atoms with Crippen molar-refractivity contribution in [3.63, 3.8) is 0 Å². The summed E-state index contributed by atoms with van der Waals surface area (Å²) in [4.78, 5) is 4.69. The lowest BCUT2D eigenvalue weighted by molar-refractivity contribution is 0.345. The van der Waals surface area contributed by atoms with Gasteiger partial charge in [-0.3, -0.25) is 0 Å². The van der Waals surface area contributed by atoms with Gasteiger partial charge in [0, 0.05) is 29.2 Å². The number of hydrogen-bond acceptors (Lipinski definition) is 4. The molecule has 0 bridgehead atoms. The molecule has 1 saturated heterocycles. The van der Waals surface area contributed by atoms with Gasteiger partial charge in [-0.1, -0.05) is 56.0 Å². The molecule has 1 aliphatic heterocycles. The van der Waals surface area contributed by atoms with Crippen LogP contribution in [0.2, 0.25) is 0 Å². The van der Waals surface area contributed by atoms with Crippen LogP contribution in [0, 0.1) is 0 Å². The molecule has 1 aromatic carbocycles. The fraction of sp³-hybridized carbons (Fsp3) is 0.524. The summed E-state index contributed by atoms with van der Waals surface area (Å²) in [6, 6.07) is 8.73. The van der Waals surface area contributed by atoms with Gasteiger partial charge in [0.25, 0.3) is 0 Å². The number of hydrogen-bond donors (Lipinski definition) is 1. The minimum Gasteiger partial charge on any atom is -0.347 e. The lowest BCUT2D eigenvalue weighted by atomic mass is 10.1. The van der Waals surface area contributed by atoms with Gasteiger partial charge in [-0.25, -0.2) is 0 Å². The largest absolute Gasteiger partial charge is 0.347 e. The number of aromatic nitrogens is 3. The van der Waals surface area contributed by atoms with Crippen molar-refractivity contribution >= 4 is 10.9 Å². The first kappa shape index (κ1) is 17.3. The summed E-state index contributed by atoms with van der Waals surface area (Å²) in [7, 11) is 0. The number of para-hydroxylation sites is 1. The first-order chi connectivity index (χ1) is 12.9. The SMILES string of the molecule is CCCCCCCn1cc(-c2noc([C@@H]3CCCN3)n2)c2ccccc21. The molecule has 4 rings (SSSR count). The molecule has 0 saturated carbocycles. The summed E-state index contributed by atoms with van der Waals surface area (Å²) in [5, 5.41) is 8.90. The van der Waals surface area contributed by atoms with Gasteiger partial charge in [-0.05, 0) is 31.9 Å². The van der Waals surface area contributed by atoms with Crippen LogP contribution in [0.1, 0.15) is 63.8 Å². The third-order valence-corrected chi connectivity index (χ3v) is 5.33. The van der Waals surface area contributed by atoms with E-state index in [1.165, 1.54) is 49.4 Å². The van der Waals surface area contributed by atoms with E-state index in [-0.39, 0.29) is 6.04 Å². The molecule has 1 N–H and O–H groups in total. The van der Waals surface area contributed by atoms with Crippen LogP contribution in [0.25, 0.3) is 22.3 Å². The Bertz CT molecular complexity index is 845. The van der Waals surface area contributed by atoms with E-state index in [4.69, 9.17) is 9.51 Å². The van der Waals surface area contributed by atoms with Crippen LogP contribution in [0.15, 0.2) is 35.0 Å². The Labute approximate surface area is 154 Å². The zero-order valence-electron chi connectivity index (χ0n) is 15.6. The molecule has 0 radical (unpaired) electrons. The second-order valence-electron chi connectivity index (χ2n) is 7.27. The Morgan fingerprint density at radius 3 is 2.92 bits per heavy atom. The quantitative estimate of drug-likeness (QED) is 0.574. The molecule has 1 atom stereocenters. The first-order valence-electron chi connectivity index (χ1n) is 10.0. The van der Waals surface area contributed by atoms with Crippen molar-refractivity contribution in [3.8, 4) is 11.4 Å². The molecule has 3 aromatic rings.